The van der Waals surface area contributed by atoms with Gasteiger partial charge in [0, 0.05) is 23.8 Å². The van der Waals surface area contributed by atoms with Crippen molar-refractivity contribution in [2.24, 2.45) is 0 Å². The molecule has 150 valence electrons. The van der Waals surface area contributed by atoms with E-state index in [1.165, 1.54) is 12.1 Å². The molecule has 1 N–H and O–H groups in total. The lowest BCUT2D eigenvalue weighted by molar-refractivity contribution is 0.280. The minimum absolute atomic E-state index is 0.157. The fraction of sp³-hybridized carbons (Fsp3) is 0.130. The van der Waals surface area contributed by atoms with Crippen LogP contribution in [0.3, 0.4) is 0 Å². The van der Waals surface area contributed by atoms with E-state index in [0.29, 0.717) is 11.7 Å². The molecule has 1 aliphatic rings. The van der Waals surface area contributed by atoms with Gasteiger partial charge in [-0.3, -0.25) is 4.98 Å². The van der Waals surface area contributed by atoms with Crippen molar-refractivity contribution >= 4 is 17.3 Å². The number of nitrogens with zero attached hydrogens (tertiary/aromatic N) is 3. The zero-order chi connectivity index (χ0) is 20.5. The van der Waals surface area contributed by atoms with E-state index in [-0.39, 0.29) is 17.9 Å². The maximum Gasteiger partial charge on any atom is 0.170 e. The van der Waals surface area contributed by atoms with E-state index in [4.69, 9.17) is 16.6 Å². The first-order valence-corrected chi connectivity index (χ1v) is 10.1. The Balaban J connectivity index is 1.61. The molecule has 0 unspecified atom stereocenters. The van der Waals surface area contributed by atoms with Crippen LogP contribution in [0.5, 0.6) is 0 Å². The van der Waals surface area contributed by atoms with Crippen LogP contribution < -0.4 is 5.32 Å². The SMILES string of the molecule is Fc1cccc(-n2cccc2[C@H]2[C@@H](c3ccccn3)NC(=S)N2Cc2ccco2)c1. The molecule has 1 aliphatic heterocycles. The average molecular weight is 418 g/mol. The third-order valence-electron chi connectivity index (χ3n) is 5.27. The van der Waals surface area contributed by atoms with Crippen LogP contribution in [0.25, 0.3) is 5.69 Å². The van der Waals surface area contributed by atoms with Gasteiger partial charge < -0.3 is 19.2 Å². The van der Waals surface area contributed by atoms with Crippen molar-refractivity contribution < 1.29 is 8.81 Å². The fourth-order valence-corrected chi connectivity index (χ4v) is 4.27. The Bertz CT molecular complexity index is 1160. The molecule has 1 fully saturated rings. The van der Waals surface area contributed by atoms with Crippen molar-refractivity contribution in [3.8, 4) is 5.69 Å². The largest absolute Gasteiger partial charge is 0.467 e. The number of thiocarbonyl (C=S) groups is 1. The van der Waals surface area contributed by atoms with Crippen molar-refractivity contribution in [2.75, 3.05) is 0 Å². The summed E-state index contributed by atoms with van der Waals surface area (Å²) in [6.45, 7) is 0.515. The van der Waals surface area contributed by atoms with E-state index in [1.807, 2.05) is 59.3 Å². The summed E-state index contributed by atoms with van der Waals surface area (Å²) in [6, 6.07) is 19.9. The molecule has 0 saturated carbocycles. The minimum atomic E-state index is -0.277. The second-order valence-electron chi connectivity index (χ2n) is 7.12. The van der Waals surface area contributed by atoms with Crippen LogP contribution in [0, 0.1) is 5.82 Å². The Labute approximate surface area is 178 Å². The number of hydrogen-bond donors (Lipinski definition) is 1. The molecule has 4 heterocycles. The second-order valence-corrected chi connectivity index (χ2v) is 7.50. The van der Waals surface area contributed by atoms with E-state index >= 15 is 0 Å². The summed E-state index contributed by atoms with van der Waals surface area (Å²) in [6.07, 6.45) is 5.37. The van der Waals surface area contributed by atoms with Gasteiger partial charge in [-0.1, -0.05) is 12.1 Å². The molecule has 4 aromatic rings. The highest BCUT2D eigenvalue weighted by Crippen LogP contribution is 2.40. The summed E-state index contributed by atoms with van der Waals surface area (Å²) >= 11 is 5.70. The Morgan fingerprint density at radius 2 is 2.00 bits per heavy atom. The molecule has 5 rings (SSSR count). The molecule has 3 aromatic heterocycles. The molecule has 0 aliphatic carbocycles. The summed E-state index contributed by atoms with van der Waals surface area (Å²) in [5.41, 5.74) is 2.62. The first-order chi connectivity index (χ1) is 14.7. The van der Waals surface area contributed by atoms with Gasteiger partial charge in [-0.25, -0.2) is 4.39 Å². The van der Waals surface area contributed by atoms with Crippen molar-refractivity contribution in [3.05, 3.63) is 108 Å². The Morgan fingerprint density at radius 3 is 2.77 bits per heavy atom. The average Bonchev–Trinajstić information content (AvgIpc) is 3.50. The fourth-order valence-electron chi connectivity index (χ4n) is 3.96. The second kappa shape index (κ2) is 7.76. The van der Waals surface area contributed by atoms with Gasteiger partial charge in [-0.05, 0) is 66.8 Å². The van der Waals surface area contributed by atoms with E-state index in [0.717, 1.165) is 22.8 Å². The van der Waals surface area contributed by atoms with E-state index in [2.05, 4.69) is 15.2 Å². The lowest BCUT2D eigenvalue weighted by Gasteiger charge is -2.28. The number of nitrogens with one attached hydrogen (secondary N) is 1. The Kier molecular flexibility index (Phi) is 4.80. The van der Waals surface area contributed by atoms with Crippen molar-refractivity contribution in [1.29, 1.82) is 0 Å². The topological polar surface area (TPSA) is 46.2 Å². The van der Waals surface area contributed by atoms with E-state index < -0.39 is 0 Å². The predicted octanol–water partition coefficient (Wildman–Crippen LogP) is 4.78. The number of furan rings is 1. The third-order valence-corrected chi connectivity index (χ3v) is 5.63. The third kappa shape index (κ3) is 3.37. The van der Waals surface area contributed by atoms with E-state index in [9.17, 15) is 4.39 Å². The van der Waals surface area contributed by atoms with Crippen molar-refractivity contribution in [3.63, 3.8) is 0 Å². The first-order valence-electron chi connectivity index (χ1n) is 9.64. The molecule has 0 bridgehead atoms. The normalized spacial score (nSPS) is 18.6. The Morgan fingerprint density at radius 1 is 1.07 bits per heavy atom. The minimum Gasteiger partial charge on any atom is -0.467 e. The molecule has 1 saturated heterocycles. The summed E-state index contributed by atoms with van der Waals surface area (Å²) in [5.74, 6) is 0.538. The molecule has 7 heteroatoms. The van der Waals surface area contributed by atoms with Gasteiger partial charge >= 0.3 is 0 Å². The standard InChI is InChI=1S/C23H19FN4OS/c24-16-6-3-7-17(14-16)27-12-4-10-20(27)22-21(19-9-1-2-11-25-19)26-23(30)28(22)15-18-8-5-13-29-18/h1-14,21-22H,15H2,(H,26,30)/t21-,22+/m1/s1. The van der Waals surface area contributed by atoms with Crippen LogP contribution in [-0.4, -0.2) is 19.6 Å². The molecule has 0 amide bonds. The zero-order valence-corrected chi connectivity index (χ0v) is 16.8. The zero-order valence-electron chi connectivity index (χ0n) is 16.0. The van der Waals surface area contributed by atoms with Crippen LogP contribution in [-0.2, 0) is 6.54 Å². The monoisotopic (exact) mass is 418 g/mol. The number of pyridine rings is 1. The van der Waals surface area contributed by atoms with Crippen LogP contribution in [0.4, 0.5) is 4.39 Å². The number of aromatic nitrogens is 2. The van der Waals surface area contributed by atoms with Crippen LogP contribution >= 0.6 is 12.2 Å². The molecular formula is C23H19FN4OS. The quantitative estimate of drug-likeness (QED) is 0.473. The van der Waals surface area contributed by atoms with Crippen molar-refractivity contribution in [1.82, 2.24) is 19.8 Å². The van der Waals surface area contributed by atoms with E-state index in [1.54, 1.807) is 18.5 Å². The first kappa shape index (κ1) is 18.6. The lowest BCUT2D eigenvalue weighted by atomic mass is 10.0. The van der Waals surface area contributed by atoms with Gasteiger partial charge in [0.1, 0.15) is 11.6 Å². The number of rotatable bonds is 5. The van der Waals surface area contributed by atoms with Crippen molar-refractivity contribution in [2.45, 2.75) is 18.6 Å². The highest BCUT2D eigenvalue weighted by molar-refractivity contribution is 7.80. The highest BCUT2D eigenvalue weighted by Gasteiger charge is 2.41. The van der Waals surface area contributed by atoms with Crippen LogP contribution in [0.1, 0.15) is 29.2 Å². The van der Waals surface area contributed by atoms with Gasteiger partial charge in [0.15, 0.2) is 5.11 Å². The summed E-state index contributed by atoms with van der Waals surface area (Å²) in [5, 5.41) is 4.05. The summed E-state index contributed by atoms with van der Waals surface area (Å²) < 4.78 is 21.5. The van der Waals surface area contributed by atoms with Gasteiger partial charge in [0.25, 0.3) is 0 Å². The van der Waals surface area contributed by atoms with Gasteiger partial charge in [0.2, 0.25) is 0 Å². The maximum atomic E-state index is 13.9. The van der Waals surface area contributed by atoms with Gasteiger partial charge in [0.05, 0.1) is 30.6 Å². The highest BCUT2D eigenvalue weighted by atomic mass is 32.1. The number of hydrogen-bond acceptors (Lipinski definition) is 3. The molecule has 0 radical (unpaired) electrons. The molecule has 30 heavy (non-hydrogen) atoms. The summed E-state index contributed by atoms with van der Waals surface area (Å²) in [4.78, 5) is 6.66. The van der Waals surface area contributed by atoms with Crippen LogP contribution in [0.2, 0.25) is 0 Å². The number of halogens is 1. The molecule has 1 aromatic carbocycles. The predicted molar refractivity (Wildman–Crippen MR) is 115 cm³/mol. The maximum absolute atomic E-state index is 13.9. The molecular weight excluding hydrogens is 399 g/mol. The Hall–Kier alpha value is -3.45. The van der Waals surface area contributed by atoms with Gasteiger partial charge in [-0.15, -0.1) is 0 Å². The molecule has 2 atom stereocenters. The number of benzene rings is 1. The van der Waals surface area contributed by atoms with Gasteiger partial charge in [-0.2, -0.15) is 0 Å². The molecule has 5 nitrogen and oxygen atoms in total. The summed E-state index contributed by atoms with van der Waals surface area (Å²) in [7, 11) is 0. The lowest BCUT2D eigenvalue weighted by Crippen LogP contribution is -2.29. The smallest absolute Gasteiger partial charge is 0.170 e. The molecule has 0 spiro atoms. The van der Waals surface area contributed by atoms with Crippen LogP contribution in [0.15, 0.2) is 89.8 Å².